The zero-order valence-corrected chi connectivity index (χ0v) is 12.6. The SMILES string of the molecule is COc1ccccc1CN(C)C1CC(N)c2ccccc21. The van der Waals surface area contributed by atoms with Gasteiger partial charge in [0, 0.05) is 24.2 Å². The Balaban J connectivity index is 1.82. The van der Waals surface area contributed by atoms with Gasteiger partial charge in [-0.3, -0.25) is 4.90 Å². The molecule has 3 heteroatoms. The second-order valence-electron chi connectivity index (χ2n) is 5.71. The summed E-state index contributed by atoms with van der Waals surface area (Å²) < 4.78 is 5.45. The largest absolute Gasteiger partial charge is 0.496 e. The Morgan fingerprint density at radius 1 is 1.10 bits per heavy atom. The summed E-state index contributed by atoms with van der Waals surface area (Å²) in [5.74, 6) is 0.944. The molecule has 0 saturated carbocycles. The van der Waals surface area contributed by atoms with Crippen molar-refractivity contribution in [2.75, 3.05) is 14.2 Å². The predicted molar refractivity (Wildman–Crippen MR) is 85.2 cm³/mol. The van der Waals surface area contributed by atoms with Crippen LogP contribution < -0.4 is 10.5 Å². The molecule has 2 aromatic rings. The van der Waals surface area contributed by atoms with E-state index < -0.39 is 0 Å². The highest BCUT2D eigenvalue weighted by Gasteiger charge is 2.31. The molecule has 0 radical (unpaired) electrons. The van der Waals surface area contributed by atoms with E-state index >= 15 is 0 Å². The number of ether oxygens (including phenoxy) is 1. The number of benzene rings is 2. The summed E-state index contributed by atoms with van der Waals surface area (Å²) in [7, 11) is 3.88. The fourth-order valence-electron chi connectivity index (χ4n) is 3.28. The van der Waals surface area contributed by atoms with Crippen LogP contribution in [0.15, 0.2) is 48.5 Å². The Morgan fingerprint density at radius 2 is 1.76 bits per heavy atom. The fourth-order valence-corrected chi connectivity index (χ4v) is 3.28. The van der Waals surface area contributed by atoms with Crippen LogP contribution in [0.25, 0.3) is 0 Å². The molecule has 2 N–H and O–H groups in total. The molecule has 110 valence electrons. The minimum absolute atomic E-state index is 0.145. The molecule has 3 nitrogen and oxygen atoms in total. The van der Waals surface area contributed by atoms with Gasteiger partial charge in [-0.05, 0) is 30.7 Å². The maximum absolute atomic E-state index is 6.27. The van der Waals surface area contributed by atoms with Gasteiger partial charge in [0.15, 0.2) is 0 Å². The van der Waals surface area contributed by atoms with Gasteiger partial charge in [-0.25, -0.2) is 0 Å². The molecule has 21 heavy (non-hydrogen) atoms. The first kappa shape index (κ1) is 14.1. The van der Waals surface area contributed by atoms with E-state index in [0.29, 0.717) is 6.04 Å². The van der Waals surface area contributed by atoms with E-state index in [0.717, 1.165) is 18.7 Å². The van der Waals surface area contributed by atoms with E-state index in [2.05, 4.69) is 48.3 Å². The van der Waals surface area contributed by atoms with Crippen molar-refractivity contribution in [3.63, 3.8) is 0 Å². The van der Waals surface area contributed by atoms with Crippen LogP contribution in [0.4, 0.5) is 0 Å². The van der Waals surface area contributed by atoms with E-state index in [9.17, 15) is 0 Å². The lowest BCUT2D eigenvalue weighted by atomic mass is 10.1. The molecule has 0 heterocycles. The Kier molecular flexibility index (Phi) is 3.95. The molecular formula is C18H22N2O. The molecule has 0 spiro atoms. The number of fused-ring (bicyclic) bond motifs is 1. The zero-order chi connectivity index (χ0) is 14.8. The van der Waals surface area contributed by atoms with Crippen LogP contribution in [-0.2, 0) is 6.54 Å². The van der Waals surface area contributed by atoms with Gasteiger partial charge in [0.05, 0.1) is 7.11 Å². The summed E-state index contributed by atoms with van der Waals surface area (Å²) in [6, 6.07) is 17.2. The van der Waals surface area contributed by atoms with E-state index in [1.54, 1.807) is 7.11 Å². The predicted octanol–water partition coefficient (Wildman–Crippen LogP) is 3.27. The number of methoxy groups -OCH3 is 1. The van der Waals surface area contributed by atoms with Crippen molar-refractivity contribution in [3.8, 4) is 5.75 Å². The van der Waals surface area contributed by atoms with Crippen molar-refractivity contribution in [1.82, 2.24) is 4.90 Å². The molecule has 3 rings (SSSR count). The third kappa shape index (κ3) is 2.67. The van der Waals surface area contributed by atoms with E-state index in [4.69, 9.17) is 10.5 Å². The van der Waals surface area contributed by atoms with Crippen molar-refractivity contribution in [1.29, 1.82) is 0 Å². The molecule has 2 unspecified atom stereocenters. The molecule has 0 aromatic heterocycles. The fraction of sp³-hybridized carbons (Fsp3) is 0.333. The number of hydrogen-bond donors (Lipinski definition) is 1. The van der Waals surface area contributed by atoms with Crippen molar-refractivity contribution in [2.24, 2.45) is 5.73 Å². The van der Waals surface area contributed by atoms with Crippen LogP contribution in [0, 0.1) is 0 Å². The van der Waals surface area contributed by atoms with Crippen molar-refractivity contribution < 1.29 is 4.74 Å². The van der Waals surface area contributed by atoms with Gasteiger partial charge in [-0.15, -0.1) is 0 Å². The van der Waals surface area contributed by atoms with E-state index in [-0.39, 0.29) is 6.04 Å². The van der Waals surface area contributed by atoms with Crippen molar-refractivity contribution >= 4 is 0 Å². The third-order valence-electron chi connectivity index (χ3n) is 4.38. The van der Waals surface area contributed by atoms with Crippen LogP contribution in [-0.4, -0.2) is 19.1 Å². The Hall–Kier alpha value is -1.84. The standard InChI is InChI=1S/C18H22N2O/c1-20(12-13-7-3-6-10-18(13)21-2)17-11-16(19)14-8-4-5-9-15(14)17/h3-10,16-17H,11-12,19H2,1-2H3. The molecule has 0 saturated heterocycles. The Morgan fingerprint density at radius 3 is 2.52 bits per heavy atom. The number of hydrogen-bond acceptors (Lipinski definition) is 3. The highest BCUT2D eigenvalue weighted by molar-refractivity contribution is 5.38. The molecule has 0 aliphatic heterocycles. The normalized spacial score (nSPS) is 20.6. The molecule has 2 atom stereocenters. The maximum atomic E-state index is 6.27. The molecule has 0 fully saturated rings. The molecule has 0 bridgehead atoms. The average molecular weight is 282 g/mol. The topological polar surface area (TPSA) is 38.5 Å². The van der Waals surface area contributed by atoms with Gasteiger partial charge >= 0.3 is 0 Å². The third-order valence-corrected chi connectivity index (χ3v) is 4.38. The van der Waals surface area contributed by atoms with Gasteiger partial charge in [-0.2, -0.15) is 0 Å². The van der Waals surface area contributed by atoms with Crippen LogP contribution in [0.3, 0.4) is 0 Å². The molecule has 2 aromatic carbocycles. The second-order valence-corrected chi connectivity index (χ2v) is 5.71. The van der Waals surface area contributed by atoms with Gasteiger partial charge in [0.2, 0.25) is 0 Å². The van der Waals surface area contributed by atoms with Crippen LogP contribution >= 0.6 is 0 Å². The lowest BCUT2D eigenvalue weighted by molar-refractivity contribution is 0.226. The zero-order valence-electron chi connectivity index (χ0n) is 12.6. The maximum Gasteiger partial charge on any atom is 0.123 e. The van der Waals surface area contributed by atoms with Gasteiger partial charge < -0.3 is 10.5 Å². The summed E-state index contributed by atoms with van der Waals surface area (Å²) in [6.45, 7) is 0.857. The van der Waals surface area contributed by atoms with Crippen molar-refractivity contribution in [2.45, 2.75) is 25.0 Å². The van der Waals surface area contributed by atoms with Crippen LogP contribution in [0.2, 0.25) is 0 Å². The summed E-state index contributed by atoms with van der Waals surface area (Å²) in [5.41, 5.74) is 10.1. The summed E-state index contributed by atoms with van der Waals surface area (Å²) in [5, 5.41) is 0. The highest BCUT2D eigenvalue weighted by atomic mass is 16.5. The quantitative estimate of drug-likeness (QED) is 0.935. The Bertz CT molecular complexity index is 626. The number of nitrogens with two attached hydrogens (primary N) is 1. The lowest BCUT2D eigenvalue weighted by Crippen LogP contribution is -2.23. The number of nitrogens with zero attached hydrogens (tertiary/aromatic N) is 1. The first-order chi connectivity index (χ1) is 10.2. The molecule has 1 aliphatic carbocycles. The first-order valence-corrected chi connectivity index (χ1v) is 7.37. The minimum atomic E-state index is 0.145. The Labute approximate surface area is 126 Å². The van der Waals surface area contributed by atoms with E-state index in [1.807, 2.05) is 12.1 Å². The van der Waals surface area contributed by atoms with Crippen molar-refractivity contribution in [3.05, 3.63) is 65.2 Å². The van der Waals surface area contributed by atoms with Crippen LogP contribution in [0.5, 0.6) is 5.75 Å². The number of para-hydroxylation sites is 1. The molecule has 1 aliphatic rings. The lowest BCUT2D eigenvalue weighted by Gasteiger charge is -2.26. The summed E-state index contributed by atoms with van der Waals surface area (Å²) in [4.78, 5) is 2.36. The van der Waals surface area contributed by atoms with Gasteiger partial charge in [-0.1, -0.05) is 42.5 Å². The minimum Gasteiger partial charge on any atom is -0.496 e. The average Bonchev–Trinajstić information content (AvgIpc) is 2.86. The van der Waals surface area contributed by atoms with Gasteiger partial charge in [0.25, 0.3) is 0 Å². The first-order valence-electron chi connectivity index (χ1n) is 7.37. The second kappa shape index (κ2) is 5.88. The summed E-state index contributed by atoms with van der Waals surface area (Å²) >= 11 is 0. The van der Waals surface area contributed by atoms with Gasteiger partial charge in [0.1, 0.15) is 5.75 Å². The molecular weight excluding hydrogens is 260 g/mol. The number of rotatable bonds is 4. The smallest absolute Gasteiger partial charge is 0.123 e. The summed E-state index contributed by atoms with van der Waals surface area (Å²) in [6.07, 6.45) is 0.977. The monoisotopic (exact) mass is 282 g/mol. The molecule has 0 amide bonds. The highest BCUT2D eigenvalue weighted by Crippen LogP contribution is 2.41. The van der Waals surface area contributed by atoms with E-state index in [1.165, 1.54) is 16.7 Å². The van der Waals surface area contributed by atoms with Crippen LogP contribution in [0.1, 0.15) is 35.2 Å².